The molecular weight excluding hydrogens is 1230 g/mol. The van der Waals surface area contributed by atoms with Crippen molar-refractivity contribution >= 4 is 5.78 Å². The molecule has 0 aromatic rings. The highest BCUT2D eigenvalue weighted by molar-refractivity contribution is 5.96. The molecule has 8 aliphatic heterocycles. The number of methoxy groups -OCH3 is 4. The number of Topliss-reactive ketones (excluding diaryl/α,β-unsaturated/α-hetero) is 1. The summed E-state index contributed by atoms with van der Waals surface area (Å²) in [5.41, 5.74) is -0.0356. The Balaban J connectivity index is 0.597. The zero-order valence-corrected chi connectivity index (χ0v) is 57.3. The molecule has 0 aromatic carbocycles. The van der Waals surface area contributed by atoms with Gasteiger partial charge >= 0.3 is 0 Å². The van der Waals surface area contributed by atoms with Gasteiger partial charge in [0, 0.05) is 52.4 Å². The second-order valence-electron chi connectivity index (χ2n) is 29.5. The summed E-state index contributed by atoms with van der Waals surface area (Å²) in [5, 5.41) is 57.5. The fraction of sp³-hybridized carbons (Fsp3) is 0.926. The van der Waals surface area contributed by atoms with Crippen LogP contribution in [0.15, 0.2) is 23.5 Å². The van der Waals surface area contributed by atoms with Crippen LogP contribution in [0.5, 0.6) is 0 Å². The number of ketones is 1. The predicted molar refractivity (Wildman–Crippen MR) is 326 cm³/mol. The Labute approximate surface area is 552 Å². The van der Waals surface area contributed by atoms with Crippen LogP contribution in [0.2, 0.25) is 0 Å². The van der Waals surface area contributed by atoms with Crippen LogP contribution in [0.1, 0.15) is 153 Å². The van der Waals surface area contributed by atoms with E-state index in [0.29, 0.717) is 30.6 Å². The predicted octanol–water partition coefficient (Wildman–Crippen LogP) is 4.85. The van der Waals surface area contributed by atoms with E-state index in [4.69, 9.17) is 94.7 Å². The summed E-state index contributed by atoms with van der Waals surface area (Å²) in [5.74, 6) is -0.354. The summed E-state index contributed by atoms with van der Waals surface area (Å²) < 4.78 is 125. The van der Waals surface area contributed by atoms with Gasteiger partial charge in [-0.2, -0.15) is 0 Å². The summed E-state index contributed by atoms with van der Waals surface area (Å²) in [6.07, 6.45) is -8.84. The zero-order chi connectivity index (χ0) is 67.1. The molecule has 0 radical (unpaired) electrons. The highest BCUT2D eigenvalue weighted by Gasteiger charge is 2.66. The van der Waals surface area contributed by atoms with Crippen molar-refractivity contribution in [2.24, 2.45) is 28.6 Å². The summed E-state index contributed by atoms with van der Waals surface area (Å²) >= 11 is 0. The molecule has 26 heteroatoms. The lowest BCUT2D eigenvalue weighted by molar-refractivity contribution is -0.447. The fourth-order valence-electron chi connectivity index (χ4n) is 18.7. The maximum Gasteiger partial charge on any atom is 0.288 e. The van der Waals surface area contributed by atoms with Crippen molar-refractivity contribution in [2.75, 3.05) is 35.2 Å². The van der Waals surface area contributed by atoms with E-state index in [1.807, 2.05) is 27.7 Å². The third-order valence-corrected chi connectivity index (χ3v) is 23.9. The molecule has 12 aliphatic rings. The molecule has 35 atom stereocenters. The number of carbonyl (C=O) groups is 1. The Morgan fingerprint density at radius 3 is 1.88 bits per heavy atom. The first kappa shape index (κ1) is 71.8. The van der Waals surface area contributed by atoms with E-state index < -0.39 is 171 Å². The minimum Gasteiger partial charge on any atom is -0.493 e. The van der Waals surface area contributed by atoms with Gasteiger partial charge in [0.2, 0.25) is 6.29 Å². The molecule has 7 saturated heterocycles. The van der Waals surface area contributed by atoms with Crippen LogP contribution in [0, 0.1) is 28.6 Å². The molecule has 536 valence electrons. The Morgan fingerprint density at radius 2 is 1.23 bits per heavy atom. The SMILES string of the molecule is COC1=C[C@@H](C)OC(O[C@H]2CC[C@@]3(C)C(=CC[C@@H]4[C@@H]3CC[C@@]3(C)[C@H]4CC[C@]3(O)[C@H](C)O[C@H]3C[C@H]4OCO[C@@]5(C[C@@H](OC)[C@H](O[C@H]6C[C@H](O)[C@H](O[C@H]7C[C@@H](O)[C@H](O[C@H]8C[C@H](OC)[C@H](O[C@@H]9O[C@H](C)[C@H](O)[C@H](OC)[C@H]9O)[C@@H](C)O8)[C@@H](C)O7)[C@@H](C)O6)[C@@H](C)O5)O[C@@H]4[C@@H](C)O3)C2)C1=O. The standard InChI is InChI=1S/C68H108O26/c1-31-23-46(75-11)55(72)63(81-31)88-40-17-20-65(9)39(24-40)15-16-41-42(65)18-21-66(10)43(41)19-22-67(66,74)38(8)87-52-28-48-61(36(6)85-52)94-68(80-30-79-48)29-49(77-13)60(37(7)93-68)91-51-26-45(70)57(33(3)83-51)89-50-25-44(69)58(34(4)82-50)90-53-27-47(76-12)59(35(5)84-53)92-64-56(73)62(78-14)54(71)32(2)86-64/h15,23,31-38,40-45,47-54,56-64,69-71,73-74H,16-22,24-30H2,1-14H3/t31-,32-,33-,34-,35-,36-,37-,38+,40+,41-,42+,43+,44-,45+,47+,48-,49-,50+,51+,52+,53+,54+,56-,57-,58-,59-,60-,61-,62+,63?,64+,65+,66+,67+,68-/m1/s1. The number of rotatable bonds is 17. The van der Waals surface area contributed by atoms with Gasteiger partial charge in [0.05, 0.1) is 105 Å². The lowest BCUT2D eigenvalue weighted by atomic mass is 9.46. The Kier molecular flexibility index (Phi) is 22.0. The fourth-order valence-corrected chi connectivity index (χ4v) is 18.7. The normalized spacial score (nSPS) is 52.7. The number of fused-ring (bicyclic) bond motifs is 6. The van der Waals surface area contributed by atoms with Gasteiger partial charge in [-0.25, -0.2) is 0 Å². The van der Waals surface area contributed by atoms with E-state index in [1.54, 1.807) is 40.9 Å². The van der Waals surface area contributed by atoms with E-state index in [2.05, 4.69) is 19.9 Å². The average Bonchev–Trinajstić information content (AvgIpc) is 1.45. The summed E-state index contributed by atoms with van der Waals surface area (Å²) in [6.45, 7) is 19.2. The maximum atomic E-state index is 13.1. The van der Waals surface area contributed by atoms with E-state index in [-0.39, 0.29) is 67.1 Å². The van der Waals surface area contributed by atoms with E-state index >= 15 is 0 Å². The molecule has 10 fully saturated rings. The first-order valence-corrected chi connectivity index (χ1v) is 34.7. The van der Waals surface area contributed by atoms with E-state index in [9.17, 15) is 30.3 Å². The summed E-state index contributed by atoms with van der Waals surface area (Å²) in [6, 6.07) is 0. The quantitative estimate of drug-likeness (QED) is 0.122. The molecule has 0 bridgehead atoms. The summed E-state index contributed by atoms with van der Waals surface area (Å²) in [4.78, 5) is 13.1. The largest absolute Gasteiger partial charge is 0.493 e. The van der Waals surface area contributed by atoms with Crippen molar-refractivity contribution in [2.45, 2.75) is 336 Å². The Bertz CT molecular complexity index is 2610. The van der Waals surface area contributed by atoms with Gasteiger partial charge < -0.3 is 120 Å². The lowest BCUT2D eigenvalue weighted by Crippen LogP contribution is -2.62. The van der Waals surface area contributed by atoms with Crippen molar-refractivity contribution in [1.82, 2.24) is 0 Å². The van der Waals surface area contributed by atoms with Crippen molar-refractivity contribution in [3.05, 3.63) is 23.5 Å². The van der Waals surface area contributed by atoms with Crippen LogP contribution in [0.4, 0.5) is 0 Å². The van der Waals surface area contributed by atoms with Crippen LogP contribution in [-0.2, 0) is 99.5 Å². The number of aliphatic hydroxyl groups is 5. The highest BCUT2D eigenvalue weighted by Crippen LogP contribution is 2.68. The number of carbonyl (C=O) groups excluding carboxylic acids is 1. The molecule has 3 saturated carbocycles. The molecule has 94 heavy (non-hydrogen) atoms. The monoisotopic (exact) mass is 1340 g/mol. The molecule has 0 aromatic heterocycles. The smallest absolute Gasteiger partial charge is 0.288 e. The van der Waals surface area contributed by atoms with E-state index in [0.717, 1.165) is 44.9 Å². The molecule has 1 unspecified atom stereocenters. The van der Waals surface area contributed by atoms with Gasteiger partial charge in [0.15, 0.2) is 44.0 Å². The molecule has 4 aliphatic carbocycles. The molecule has 26 nitrogen and oxygen atoms in total. The van der Waals surface area contributed by atoms with Gasteiger partial charge in [-0.15, -0.1) is 0 Å². The summed E-state index contributed by atoms with van der Waals surface area (Å²) in [7, 11) is 6.02. The topological polar surface area (TPSA) is 303 Å². The number of aliphatic hydroxyl groups excluding tert-OH is 4. The first-order chi connectivity index (χ1) is 44.7. The second kappa shape index (κ2) is 28.8. The molecule has 0 amide bonds. The number of hydrogen-bond donors (Lipinski definition) is 5. The van der Waals surface area contributed by atoms with Crippen molar-refractivity contribution < 1.29 is 125 Å². The van der Waals surface area contributed by atoms with E-state index in [1.165, 1.54) is 26.9 Å². The second-order valence-corrected chi connectivity index (χ2v) is 29.5. The van der Waals surface area contributed by atoms with Crippen LogP contribution >= 0.6 is 0 Å². The molecule has 1 spiro atoms. The van der Waals surface area contributed by atoms with Crippen molar-refractivity contribution in [1.29, 1.82) is 0 Å². The molecular formula is C68H108O26. The van der Waals surface area contributed by atoms with Gasteiger partial charge in [-0.1, -0.05) is 25.5 Å². The molecule has 5 N–H and O–H groups in total. The van der Waals surface area contributed by atoms with Gasteiger partial charge in [-0.3, -0.25) is 4.79 Å². The first-order valence-electron chi connectivity index (χ1n) is 34.7. The van der Waals surface area contributed by atoms with Gasteiger partial charge in [0.1, 0.15) is 48.8 Å². The van der Waals surface area contributed by atoms with Crippen LogP contribution < -0.4 is 0 Å². The van der Waals surface area contributed by atoms with Crippen molar-refractivity contribution in [3.63, 3.8) is 0 Å². The van der Waals surface area contributed by atoms with Crippen LogP contribution in [0.3, 0.4) is 0 Å². The Morgan fingerprint density at radius 1 is 0.606 bits per heavy atom. The molecule has 12 rings (SSSR count). The number of ether oxygens (including phenoxy) is 20. The van der Waals surface area contributed by atoms with Crippen molar-refractivity contribution in [3.8, 4) is 0 Å². The minimum atomic E-state index is -1.58. The van der Waals surface area contributed by atoms with Crippen LogP contribution in [0.25, 0.3) is 0 Å². The maximum absolute atomic E-state index is 13.1. The highest BCUT2D eigenvalue weighted by atomic mass is 16.9. The Hall–Kier alpha value is -2.01. The number of allylic oxidation sites excluding steroid dienone is 1. The minimum absolute atomic E-state index is 0.0109. The molecule has 8 heterocycles. The van der Waals surface area contributed by atoms with Crippen LogP contribution in [-0.4, -0.2) is 250 Å². The third kappa shape index (κ3) is 13.7. The average molecular weight is 1340 g/mol. The zero-order valence-electron chi connectivity index (χ0n) is 57.3. The van der Waals surface area contributed by atoms with Gasteiger partial charge in [0.25, 0.3) is 11.8 Å². The number of hydrogen-bond acceptors (Lipinski definition) is 26. The van der Waals surface area contributed by atoms with Gasteiger partial charge in [-0.05, 0) is 136 Å². The lowest BCUT2D eigenvalue weighted by Gasteiger charge is -2.59. The third-order valence-electron chi connectivity index (χ3n) is 23.9.